The van der Waals surface area contributed by atoms with Gasteiger partial charge in [0.05, 0.1) is 29.1 Å². The number of methoxy groups -OCH3 is 1. The summed E-state index contributed by atoms with van der Waals surface area (Å²) in [5, 5.41) is 11.6. The van der Waals surface area contributed by atoms with Crippen molar-refractivity contribution in [3.8, 4) is 22.6 Å². The van der Waals surface area contributed by atoms with Crippen LogP contribution in [0.4, 0.5) is 5.69 Å². The zero-order chi connectivity index (χ0) is 19.7. The lowest BCUT2D eigenvalue weighted by Gasteiger charge is -2.13. The van der Waals surface area contributed by atoms with E-state index in [1.807, 2.05) is 0 Å². The Hall–Kier alpha value is -3.35. The van der Waals surface area contributed by atoms with E-state index in [0.29, 0.717) is 22.3 Å². The molecule has 7 nitrogen and oxygen atoms in total. The molecule has 1 aromatic heterocycles. The van der Waals surface area contributed by atoms with Crippen LogP contribution in [0.15, 0.2) is 51.9 Å². The van der Waals surface area contributed by atoms with Crippen molar-refractivity contribution in [2.45, 2.75) is 31.8 Å². The first kappa shape index (κ1) is 18.0. The monoisotopic (exact) mass is 381 g/mol. The van der Waals surface area contributed by atoms with E-state index < -0.39 is 4.92 Å². The molecule has 7 heteroatoms. The van der Waals surface area contributed by atoms with Crippen LogP contribution in [0.5, 0.6) is 11.5 Å². The van der Waals surface area contributed by atoms with Crippen LogP contribution in [-0.2, 0) is 0 Å². The highest BCUT2D eigenvalue weighted by Crippen LogP contribution is 2.32. The van der Waals surface area contributed by atoms with Crippen molar-refractivity contribution in [2.24, 2.45) is 0 Å². The van der Waals surface area contributed by atoms with Crippen LogP contribution >= 0.6 is 0 Å². The summed E-state index contributed by atoms with van der Waals surface area (Å²) in [6.45, 7) is 0. The van der Waals surface area contributed by atoms with E-state index in [1.54, 1.807) is 24.3 Å². The van der Waals surface area contributed by atoms with Crippen LogP contribution in [0, 0.1) is 10.1 Å². The fourth-order valence-electron chi connectivity index (χ4n) is 3.58. The average Bonchev–Trinajstić information content (AvgIpc) is 3.21. The molecule has 0 unspecified atom stereocenters. The van der Waals surface area contributed by atoms with Gasteiger partial charge in [-0.15, -0.1) is 0 Å². The standard InChI is InChI=1S/C21H19NO6/c1-26-19-9-6-13(10-18(19)22(24)25)17-12-27-20-11-15(7-8-16(20)21(17)23)28-14-4-2-3-5-14/h6-12,14H,2-5H2,1H3. The second-order valence-electron chi connectivity index (χ2n) is 6.80. The Labute approximate surface area is 160 Å². The maximum atomic E-state index is 12.9. The Morgan fingerprint density at radius 2 is 1.93 bits per heavy atom. The quantitative estimate of drug-likeness (QED) is 0.470. The lowest BCUT2D eigenvalue weighted by molar-refractivity contribution is -0.385. The van der Waals surface area contributed by atoms with Gasteiger partial charge in [0.1, 0.15) is 17.6 Å². The Bertz CT molecular complexity index is 1100. The van der Waals surface area contributed by atoms with Gasteiger partial charge < -0.3 is 13.9 Å². The molecule has 0 atom stereocenters. The average molecular weight is 381 g/mol. The smallest absolute Gasteiger partial charge is 0.311 e. The van der Waals surface area contributed by atoms with E-state index in [4.69, 9.17) is 13.9 Å². The van der Waals surface area contributed by atoms with Gasteiger partial charge in [0.15, 0.2) is 11.2 Å². The fraction of sp³-hybridized carbons (Fsp3) is 0.286. The van der Waals surface area contributed by atoms with E-state index in [-0.39, 0.29) is 28.5 Å². The number of nitro benzene ring substituents is 1. The highest BCUT2D eigenvalue weighted by atomic mass is 16.6. The zero-order valence-corrected chi connectivity index (χ0v) is 15.3. The molecule has 0 aliphatic heterocycles. The predicted octanol–water partition coefficient (Wildman–Crippen LogP) is 4.70. The van der Waals surface area contributed by atoms with Gasteiger partial charge in [-0.05, 0) is 55.5 Å². The Morgan fingerprint density at radius 3 is 2.64 bits per heavy atom. The van der Waals surface area contributed by atoms with Crippen molar-refractivity contribution in [2.75, 3.05) is 7.11 Å². The molecule has 3 aromatic rings. The molecule has 1 aliphatic rings. The Kier molecular flexibility index (Phi) is 4.73. The third kappa shape index (κ3) is 3.31. The molecule has 144 valence electrons. The van der Waals surface area contributed by atoms with Crippen LogP contribution in [0.2, 0.25) is 0 Å². The molecule has 0 spiro atoms. The van der Waals surface area contributed by atoms with E-state index in [1.165, 1.54) is 38.3 Å². The number of hydrogen-bond donors (Lipinski definition) is 0. The van der Waals surface area contributed by atoms with Gasteiger partial charge >= 0.3 is 5.69 Å². The molecule has 0 amide bonds. The molecule has 4 rings (SSSR count). The summed E-state index contributed by atoms with van der Waals surface area (Å²) in [6, 6.07) is 9.53. The van der Waals surface area contributed by atoms with Crippen molar-refractivity contribution in [1.29, 1.82) is 0 Å². The first-order valence-electron chi connectivity index (χ1n) is 9.12. The second-order valence-corrected chi connectivity index (χ2v) is 6.80. The molecule has 0 N–H and O–H groups in total. The first-order chi connectivity index (χ1) is 13.6. The zero-order valence-electron chi connectivity index (χ0n) is 15.3. The van der Waals surface area contributed by atoms with E-state index in [9.17, 15) is 14.9 Å². The molecule has 1 fully saturated rings. The summed E-state index contributed by atoms with van der Waals surface area (Å²) in [5.41, 5.74) is 0.609. The minimum Gasteiger partial charge on any atom is -0.490 e. The Morgan fingerprint density at radius 1 is 1.14 bits per heavy atom. The molecule has 1 aliphatic carbocycles. The second kappa shape index (κ2) is 7.34. The molecule has 1 saturated carbocycles. The van der Waals surface area contributed by atoms with Gasteiger partial charge in [0, 0.05) is 12.1 Å². The summed E-state index contributed by atoms with van der Waals surface area (Å²) in [5.74, 6) is 0.808. The van der Waals surface area contributed by atoms with Crippen molar-refractivity contribution in [1.82, 2.24) is 0 Å². The minimum absolute atomic E-state index is 0.132. The number of nitro groups is 1. The normalized spacial score (nSPS) is 14.3. The highest BCUT2D eigenvalue weighted by molar-refractivity contribution is 5.83. The largest absolute Gasteiger partial charge is 0.490 e. The van der Waals surface area contributed by atoms with Gasteiger partial charge in [-0.1, -0.05) is 0 Å². The Balaban J connectivity index is 1.73. The van der Waals surface area contributed by atoms with Gasteiger partial charge in [0.2, 0.25) is 0 Å². The molecule has 1 heterocycles. The molecular weight excluding hydrogens is 362 g/mol. The fourth-order valence-corrected chi connectivity index (χ4v) is 3.58. The van der Waals surface area contributed by atoms with Gasteiger partial charge in [0.25, 0.3) is 0 Å². The summed E-state index contributed by atoms with van der Waals surface area (Å²) >= 11 is 0. The molecule has 28 heavy (non-hydrogen) atoms. The summed E-state index contributed by atoms with van der Waals surface area (Å²) in [6.07, 6.45) is 5.96. The van der Waals surface area contributed by atoms with Gasteiger partial charge in [-0.3, -0.25) is 14.9 Å². The van der Waals surface area contributed by atoms with Crippen molar-refractivity contribution < 1.29 is 18.8 Å². The topological polar surface area (TPSA) is 91.8 Å². The van der Waals surface area contributed by atoms with Crippen LogP contribution < -0.4 is 14.9 Å². The third-order valence-corrected chi connectivity index (χ3v) is 5.04. The number of nitrogens with zero attached hydrogens (tertiary/aromatic N) is 1. The number of benzene rings is 2. The van der Waals surface area contributed by atoms with Crippen molar-refractivity contribution in [3.05, 3.63) is 63.0 Å². The van der Waals surface area contributed by atoms with E-state index in [2.05, 4.69) is 0 Å². The van der Waals surface area contributed by atoms with Crippen LogP contribution in [0.1, 0.15) is 25.7 Å². The predicted molar refractivity (Wildman–Crippen MR) is 104 cm³/mol. The van der Waals surface area contributed by atoms with Gasteiger partial charge in [-0.25, -0.2) is 0 Å². The van der Waals surface area contributed by atoms with Crippen LogP contribution in [-0.4, -0.2) is 18.1 Å². The summed E-state index contributed by atoms with van der Waals surface area (Å²) in [7, 11) is 1.36. The summed E-state index contributed by atoms with van der Waals surface area (Å²) in [4.78, 5) is 23.6. The minimum atomic E-state index is -0.544. The molecule has 0 radical (unpaired) electrons. The number of hydrogen-bond acceptors (Lipinski definition) is 6. The molecule has 0 bridgehead atoms. The highest BCUT2D eigenvalue weighted by Gasteiger charge is 2.19. The molecule has 0 saturated heterocycles. The van der Waals surface area contributed by atoms with Crippen LogP contribution in [0.25, 0.3) is 22.1 Å². The van der Waals surface area contributed by atoms with E-state index >= 15 is 0 Å². The molecular formula is C21H19NO6. The number of rotatable bonds is 5. The van der Waals surface area contributed by atoms with Gasteiger partial charge in [-0.2, -0.15) is 0 Å². The maximum absolute atomic E-state index is 12.9. The lowest BCUT2D eigenvalue weighted by Crippen LogP contribution is -2.11. The summed E-state index contributed by atoms with van der Waals surface area (Å²) < 4.78 is 16.6. The van der Waals surface area contributed by atoms with Crippen molar-refractivity contribution >= 4 is 16.7 Å². The number of fused-ring (bicyclic) bond motifs is 1. The number of ether oxygens (including phenoxy) is 2. The SMILES string of the molecule is COc1ccc(-c2coc3cc(OC4CCCC4)ccc3c2=O)cc1[N+](=O)[O-]. The third-order valence-electron chi connectivity index (χ3n) is 5.04. The van der Waals surface area contributed by atoms with Crippen molar-refractivity contribution in [3.63, 3.8) is 0 Å². The van der Waals surface area contributed by atoms with E-state index in [0.717, 1.165) is 12.8 Å². The molecule has 2 aromatic carbocycles. The van der Waals surface area contributed by atoms with Crippen LogP contribution in [0.3, 0.4) is 0 Å². The lowest BCUT2D eigenvalue weighted by atomic mass is 10.0. The first-order valence-corrected chi connectivity index (χ1v) is 9.12. The maximum Gasteiger partial charge on any atom is 0.311 e.